The van der Waals surface area contributed by atoms with E-state index < -0.39 is 0 Å². The Balaban J connectivity index is 2.60. The predicted molar refractivity (Wildman–Crippen MR) is 107 cm³/mol. The molecule has 0 aliphatic heterocycles. The molecule has 0 aliphatic rings. The van der Waals surface area contributed by atoms with E-state index in [2.05, 4.69) is 53.7 Å². The Morgan fingerprint density at radius 3 is 1.40 bits per heavy atom. The Morgan fingerprint density at radius 1 is 0.720 bits per heavy atom. The molecule has 25 heavy (non-hydrogen) atoms. The first-order valence-corrected chi connectivity index (χ1v) is 9.78. The van der Waals surface area contributed by atoms with Gasteiger partial charge in [0.05, 0.1) is 0 Å². The average molecular weight is 359 g/mol. The predicted octanol–water partition coefficient (Wildman–Crippen LogP) is 6.62. The van der Waals surface area contributed by atoms with Gasteiger partial charge in [0, 0.05) is 20.9 Å². The van der Waals surface area contributed by atoms with E-state index in [4.69, 9.17) is 0 Å². The summed E-state index contributed by atoms with van der Waals surface area (Å²) in [4.78, 5) is 2.09. The summed E-state index contributed by atoms with van der Waals surface area (Å²) in [5, 5.41) is 21.0. The standard InChI is InChI=1S/C22H30O2S/c1-7-21(3,4)19-15(23)11-9-13-17(19)25-18-14-10-12-16(24)20(18)22(5,6)8-2/h9-14,23-24H,7-8H2,1-6H3. The van der Waals surface area contributed by atoms with Crippen LogP contribution in [-0.2, 0) is 10.8 Å². The van der Waals surface area contributed by atoms with Crippen molar-refractivity contribution >= 4 is 11.8 Å². The van der Waals surface area contributed by atoms with Crippen LogP contribution in [0.15, 0.2) is 46.2 Å². The van der Waals surface area contributed by atoms with Crippen molar-refractivity contribution in [3.8, 4) is 11.5 Å². The van der Waals surface area contributed by atoms with Gasteiger partial charge in [0.2, 0.25) is 0 Å². The average Bonchev–Trinajstić information content (AvgIpc) is 2.54. The summed E-state index contributed by atoms with van der Waals surface area (Å²) >= 11 is 1.63. The van der Waals surface area contributed by atoms with Crippen LogP contribution in [0.5, 0.6) is 11.5 Å². The van der Waals surface area contributed by atoms with Crippen molar-refractivity contribution in [3.63, 3.8) is 0 Å². The zero-order chi connectivity index (χ0) is 18.8. The van der Waals surface area contributed by atoms with Crippen LogP contribution < -0.4 is 0 Å². The van der Waals surface area contributed by atoms with Gasteiger partial charge in [-0.15, -0.1) is 0 Å². The third-order valence-electron chi connectivity index (χ3n) is 5.35. The lowest BCUT2D eigenvalue weighted by Gasteiger charge is -2.29. The highest BCUT2D eigenvalue weighted by Gasteiger charge is 2.29. The molecular formula is C22H30O2S. The lowest BCUT2D eigenvalue weighted by atomic mass is 9.81. The van der Waals surface area contributed by atoms with Crippen molar-refractivity contribution in [2.75, 3.05) is 0 Å². The van der Waals surface area contributed by atoms with Gasteiger partial charge in [0.25, 0.3) is 0 Å². The second-order valence-electron chi connectivity index (χ2n) is 7.88. The van der Waals surface area contributed by atoms with Gasteiger partial charge in [-0.05, 0) is 47.9 Å². The molecule has 0 atom stereocenters. The SMILES string of the molecule is CCC(C)(C)c1c(O)cccc1Sc1cccc(O)c1C(C)(C)CC. The quantitative estimate of drug-likeness (QED) is 0.609. The Labute approximate surface area is 156 Å². The first-order valence-electron chi connectivity index (χ1n) is 8.96. The van der Waals surface area contributed by atoms with E-state index in [9.17, 15) is 10.2 Å². The minimum Gasteiger partial charge on any atom is -0.508 e. The van der Waals surface area contributed by atoms with Crippen LogP contribution in [0.2, 0.25) is 0 Å². The van der Waals surface area contributed by atoms with Gasteiger partial charge in [-0.3, -0.25) is 0 Å². The van der Waals surface area contributed by atoms with Crippen LogP contribution in [0.4, 0.5) is 0 Å². The van der Waals surface area contributed by atoms with Crippen molar-refractivity contribution in [1.82, 2.24) is 0 Å². The highest BCUT2D eigenvalue weighted by atomic mass is 32.2. The van der Waals surface area contributed by atoms with Gasteiger partial charge < -0.3 is 10.2 Å². The lowest BCUT2D eigenvalue weighted by molar-refractivity contribution is 0.421. The number of hydrogen-bond acceptors (Lipinski definition) is 3. The topological polar surface area (TPSA) is 40.5 Å². The molecule has 136 valence electrons. The molecule has 0 radical (unpaired) electrons. The Morgan fingerprint density at radius 2 is 1.08 bits per heavy atom. The zero-order valence-electron chi connectivity index (χ0n) is 16.2. The molecule has 0 unspecified atom stereocenters. The van der Waals surface area contributed by atoms with Crippen LogP contribution in [0.1, 0.15) is 65.5 Å². The molecule has 2 aromatic rings. The maximum Gasteiger partial charge on any atom is 0.120 e. The van der Waals surface area contributed by atoms with Crippen LogP contribution in [0.25, 0.3) is 0 Å². The fourth-order valence-corrected chi connectivity index (χ4v) is 4.54. The number of benzene rings is 2. The molecule has 3 heteroatoms. The number of phenolic OH excluding ortho intramolecular Hbond substituents is 2. The minimum absolute atomic E-state index is 0.120. The second kappa shape index (κ2) is 7.33. The van der Waals surface area contributed by atoms with Crippen LogP contribution in [0.3, 0.4) is 0 Å². The van der Waals surface area contributed by atoms with Gasteiger partial charge in [0.15, 0.2) is 0 Å². The molecule has 2 aromatic carbocycles. The highest BCUT2D eigenvalue weighted by Crippen LogP contribution is 2.47. The molecule has 2 N–H and O–H groups in total. The summed E-state index contributed by atoms with van der Waals surface area (Å²) < 4.78 is 0. The lowest BCUT2D eigenvalue weighted by Crippen LogP contribution is -2.18. The molecule has 0 bridgehead atoms. The molecule has 2 rings (SSSR count). The Bertz CT molecular complexity index is 684. The number of rotatable bonds is 6. The number of hydrogen-bond donors (Lipinski definition) is 2. The third kappa shape index (κ3) is 3.98. The molecule has 0 fully saturated rings. The smallest absolute Gasteiger partial charge is 0.120 e. The van der Waals surface area contributed by atoms with Gasteiger partial charge in [0.1, 0.15) is 11.5 Å². The maximum atomic E-state index is 10.5. The normalized spacial score (nSPS) is 12.4. The summed E-state index contributed by atoms with van der Waals surface area (Å²) in [6, 6.07) is 11.4. The Hall–Kier alpha value is -1.61. The molecule has 2 nitrogen and oxygen atoms in total. The molecular weight excluding hydrogens is 328 g/mol. The van der Waals surface area contributed by atoms with Gasteiger partial charge in [-0.25, -0.2) is 0 Å². The van der Waals surface area contributed by atoms with E-state index >= 15 is 0 Å². The van der Waals surface area contributed by atoms with Crippen molar-refractivity contribution in [1.29, 1.82) is 0 Å². The van der Waals surface area contributed by atoms with E-state index in [0.29, 0.717) is 11.5 Å². The minimum atomic E-state index is -0.120. The molecule has 0 spiro atoms. The molecule has 0 aromatic heterocycles. The van der Waals surface area contributed by atoms with E-state index in [-0.39, 0.29) is 10.8 Å². The fraction of sp³-hybridized carbons (Fsp3) is 0.455. The molecule has 0 amide bonds. The zero-order valence-corrected chi connectivity index (χ0v) is 17.0. The summed E-state index contributed by atoms with van der Waals surface area (Å²) in [7, 11) is 0. The van der Waals surface area contributed by atoms with E-state index in [1.54, 1.807) is 23.9 Å². The maximum absolute atomic E-state index is 10.5. The fourth-order valence-electron chi connectivity index (χ4n) is 3.04. The van der Waals surface area contributed by atoms with Crippen LogP contribution >= 0.6 is 11.8 Å². The van der Waals surface area contributed by atoms with Crippen molar-refractivity contribution in [3.05, 3.63) is 47.5 Å². The molecule has 0 saturated heterocycles. The Kier molecular flexibility index (Phi) is 5.78. The summed E-state index contributed by atoms with van der Waals surface area (Å²) in [6.45, 7) is 12.9. The first-order chi connectivity index (χ1) is 11.6. The van der Waals surface area contributed by atoms with E-state index in [0.717, 1.165) is 33.8 Å². The monoisotopic (exact) mass is 358 g/mol. The van der Waals surface area contributed by atoms with Crippen LogP contribution in [0, 0.1) is 0 Å². The van der Waals surface area contributed by atoms with Crippen molar-refractivity contribution < 1.29 is 10.2 Å². The van der Waals surface area contributed by atoms with E-state index in [1.807, 2.05) is 12.1 Å². The third-order valence-corrected chi connectivity index (χ3v) is 6.47. The van der Waals surface area contributed by atoms with Crippen molar-refractivity contribution in [2.45, 2.75) is 75.0 Å². The molecule has 0 aliphatic carbocycles. The summed E-state index contributed by atoms with van der Waals surface area (Å²) in [5.74, 6) is 0.682. The van der Waals surface area contributed by atoms with Crippen LogP contribution in [-0.4, -0.2) is 10.2 Å². The highest BCUT2D eigenvalue weighted by molar-refractivity contribution is 7.99. The summed E-state index contributed by atoms with van der Waals surface area (Å²) in [6.07, 6.45) is 1.87. The van der Waals surface area contributed by atoms with Gasteiger partial charge in [-0.2, -0.15) is 0 Å². The largest absolute Gasteiger partial charge is 0.508 e. The molecule has 0 heterocycles. The first kappa shape index (κ1) is 19.7. The number of aromatic hydroxyl groups is 2. The van der Waals surface area contributed by atoms with E-state index in [1.165, 1.54) is 0 Å². The second-order valence-corrected chi connectivity index (χ2v) is 8.96. The molecule has 0 saturated carbocycles. The van der Waals surface area contributed by atoms with Gasteiger partial charge >= 0.3 is 0 Å². The van der Waals surface area contributed by atoms with Crippen molar-refractivity contribution in [2.24, 2.45) is 0 Å². The van der Waals surface area contributed by atoms with Gasteiger partial charge in [-0.1, -0.05) is 65.4 Å². The number of phenols is 2. The summed E-state index contributed by atoms with van der Waals surface area (Å²) in [5.41, 5.74) is 1.72.